The van der Waals surface area contributed by atoms with Crippen LogP contribution in [0.5, 0.6) is 5.75 Å². The molecule has 0 aliphatic carbocycles. The highest BCUT2D eigenvalue weighted by Gasteiger charge is 2.26. The molecule has 1 aliphatic heterocycles. The number of fused-ring (bicyclic) bond motifs is 1. The van der Waals surface area contributed by atoms with E-state index in [9.17, 15) is 9.59 Å². The number of rotatable bonds is 3. The van der Waals surface area contributed by atoms with Crippen LogP contribution in [0.15, 0.2) is 53.3 Å². The molecule has 2 heterocycles. The topological polar surface area (TPSA) is 78.5 Å². The molecule has 0 spiro atoms. The number of methoxy groups -OCH3 is 1. The average Bonchev–Trinajstić information content (AvgIpc) is 2.74. The van der Waals surface area contributed by atoms with Crippen molar-refractivity contribution in [2.24, 2.45) is 0 Å². The number of hydrogen-bond donors (Lipinski definition) is 1. The van der Waals surface area contributed by atoms with Crippen LogP contribution in [0.3, 0.4) is 0 Å². The molecule has 2 aromatic carbocycles. The van der Waals surface area contributed by atoms with E-state index in [1.807, 2.05) is 24.3 Å². The number of H-pyrrole nitrogens is 1. The maximum Gasteiger partial charge on any atom is 0.275 e. The maximum atomic E-state index is 13.0. The van der Waals surface area contributed by atoms with E-state index in [0.29, 0.717) is 37.0 Å². The molecule has 0 radical (unpaired) electrons. The lowest BCUT2D eigenvalue weighted by molar-refractivity contribution is 0.0742. The van der Waals surface area contributed by atoms with E-state index >= 15 is 0 Å². The number of nitrogens with zero attached hydrogens (tertiary/aromatic N) is 3. The van der Waals surface area contributed by atoms with Crippen LogP contribution in [0.1, 0.15) is 10.5 Å². The van der Waals surface area contributed by atoms with Gasteiger partial charge in [0.05, 0.1) is 18.2 Å². The fourth-order valence-corrected chi connectivity index (χ4v) is 3.47. The quantitative estimate of drug-likeness (QED) is 0.768. The van der Waals surface area contributed by atoms with Crippen molar-refractivity contribution in [2.45, 2.75) is 0 Å². The Bertz CT molecular complexity index is 1040. The summed E-state index contributed by atoms with van der Waals surface area (Å²) in [7, 11) is 1.66. The molecule has 1 amide bonds. The Morgan fingerprint density at radius 3 is 2.41 bits per heavy atom. The monoisotopic (exact) mass is 364 g/mol. The van der Waals surface area contributed by atoms with Crippen LogP contribution in [-0.4, -0.2) is 54.3 Å². The molecule has 1 saturated heterocycles. The predicted molar refractivity (Wildman–Crippen MR) is 103 cm³/mol. The van der Waals surface area contributed by atoms with Gasteiger partial charge in [0.15, 0.2) is 5.69 Å². The number of benzene rings is 2. The van der Waals surface area contributed by atoms with E-state index in [0.717, 1.165) is 11.4 Å². The number of amides is 1. The zero-order chi connectivity index (χ0) is 18.8. The highest BCUT2D eigenvalue weighted by atomic mass is 16.5. The molecule has 0 atom stereocenters. The standard InChI is InChI=1S/C20H20N4O3/c1-27-17-9-5-4-8-16(17)23-10-12-24(13-11-23)20(26)18-14-6-2-3-7-15(14)19(25)22-21-18/h2-9H,10-13H2,1H3,(H,22,25). The van der Waals surface area contributed by atoms with Crippen molar-refractivity contribution >= 4 is 22.4 Å². The minimum Gasteiger partial charge on any atom is -0.495 e. The SMILES string of the molecule is COc1ccccc1N1CCN(C(=O)c2n[nH]c(=O)c3ccccc23)CC1. The number of carbonyl (C=O) groups is 1. The molecule has 0 unspecified atom stereocenters. The van der Waals surface area contributed by atoms with Crippen molar-refractivity contribution in [2.75, 3.05) is 38.2 Å². The van der Waals surface area contributed by atoms with Gasteiger partial charge >= 0.3 is 0 Å². The molecule has 1 N–H and O–H groups in total. The van der Waals surface area contributed by atoms with Crippen LogP contribution in [0.4, 0.5) is 5.69 Å². The summed E-state index contributed by atoms with van der Waals surface area (Å²) >= 11 is 0. The zero-order valence-corrected chi connectivity index (χ0v) is 15.0. The first-order valence-corrected chi connectivity index (χ1v) is 8.83. The van der Waals surface area contributed by atoms with E-state index in [1.54, 1.807) is 36.3 Å². The van der Waals surface area contributed by atoms with Crippen molar-refractivity contribution in [1.82, 2.24) is 15.1 Å². The van der Waals surface area contributed by atoms with Gasteiger partial charge in [-0.1, -0.05) is 30.3 Å². The van der Waals surface area contributed by atoms with Crippen molar-refractivity contribution in [3.05, 3.63) is 64.6 Å². The second-order valence-corrected chi connectivity index (χ2v) is 6.40. The molecule has 1 aromatic heterocycles. The molecule has 7 nitrogen and oxygen atoms in total. The van der Waals surface area contributed by atoms with E-state index < -0.39 is 0 Å². The van der Waals surface area contributed by atoms with Crippen LogP contribution in [0.25, 0.3) is 10.8 Å². The zero-order valence-electron chi connectivity index (χ0n) is 15.0. The Balaban J connectivity index is 1.55. The average molecular weight is 364 g/mol. The van der Waals surface area contributed by atoms with Gasteiger partial charge in [0.25, 0.3) is 11.5 Å². The molecule has 1 fully saturated rings. The first-order chi connectivity index (χ1) is 13.2. The normalized spacial score (nSPS) is 14.4. The summed E-state index contributed by atoms with van der Waals surface area (Å²) in [5.74, 6) is 0.660. The van der Waals surface area contributed by atoms with Gasteiger partial charge in [0.2, 0.25) is 0 Å². The van der Waals surface area contributed by atoms with Crippen LogP contribution >= 0.6 is 0 Å². The van der Waals surface area contributed by atoms with Crippen LogP contribution in [-0.2, 0) is 0 Å². The van der Waals surface area contributed by atoms with E-state index in [4.69, 9.17) is 4.74 Å². The second kappa shape index (κ2) is 7.11. The van der Waals surface area contributed by atoms with Gasteiger partial charge in [-0.15, -0.1) is 0 Å². The number of ether oxygens (including phenoxy) is 1. The summed E-state index contributed by atoms with van der Waals surface area (Å²) in [4.78, 5) is 28.9. The van der Waals surface area contributed by atoms with E-state index in [2.05, 4.69) is 15.1 Å². The van der Waals surface area contributed by atoms with Gasteiger partial charge in [0, 0.05) is 31.6 Å². The molecule has 138 valence electrons. The van der Waals surface area contributed by atoms with Crippen molar-refractivity contribution in [1.29, 1.82) is 0 Å². The lowest BCUT2D eigenvalue weighted by atomic mass is 10.1. The van der Waals surface area contributed by atoms with Gasteiger partial charge in [-0.05, 0) is 18.2 Å². The third-order valence-corrected chi connectivity index (χ3v) is 4.89. The smallest absolute Gasteiger partial charge is 0.275 e. The van der Waals surface area contributed by atoms with Crippen molar-refractivity contribution in [3.8, 4) is 5.75 Å². The summed E-state index contributed by atoms with van der Waals surface area (Å²) in [6.07, 6.45) is 0. The molecular weight excluding hydrogens is 344 g/mol. The van der Waals surface area contributed by atoms with Gasteiger partial charge in [-0.2, -0.15) is 5.10 Å². The van der Waals surface area contributed by atoms with Crippen LogP contribution < -0.4 is 15.2 Å². The summed E-state index contributed by atoms with van der Waals surface area (Å²) in [5, 5.41) is 7.51. The Kier molecular flexibility index (Phi) is 4.50. The lowest BCUT2D eigenvalue weighted by Crippen LogP contribution is -2.49. The molecule has 3 aromatic rings. The maximum absolute atomic E-state index is 13.0. The minimum absolute atomic E-state index is 0.165. The molecule has 4 rings (SSSR count). The number of nitrogens with one attached hydrogen (secondary N) is 1. The van der Waals surface area contributed by atoms with Crippen molar-refractivity contribution < 1.29 is 9.53 Å². The minimum atomic E-state index is -0.289. The number of aromatic nitrogens is 2. The molecule has 0 saturated carbocycles. The molecule has 7 heteroatoms. The highest BCUT2D eigenvalue weighted by Crippen LogP contribution is 2.28. The molecular formula is C20H20N4O3. The number of anilines is 1. The summed E-state index contributed by atoms with van der Waals surface area (Å²) in [6.45, 7) is 2.55. The first-order valence-electron chi connectivity index (χ1n) is 8.83. The van der Waals surface area contributed by atoms with Crippen LogP contribution in [0.2, 0.25) is 0 Å². The Morgan fingerprint density at radius 2 is 1.67 bits per heavy atom. The highest BCUT2D eigenvalue weighted by molar-refractivity contribution is 6.04. The fraction of sp³-hybridized carbons (Fsp3) is 0.250. The van der Waals surface area contributed by atoms with E-state index in [1.165, 1.54) is 0 Å². The predicted octanol–water partition coefficient (Wildman–Crippen LogP) is 1.89. The number of para-hydroxylation sites is 2. The van der Waals surface area contributed by atoms with Crippen molar-refractivity contribution in [3.63, 3.8) is 0 Å². The van der Waals surface area contributed by atoms with Crippen LogP contribution in [0, 0.1) is 0 Å². The van der Waals surface area contributed by atoms with Gasteiger partial charge < -0.3 is 14.5 Å². The lowest BCUT2D eigenvalue weighted by Gasteiger charge is -2.36. The second-order valence-electron chi connectivity index (χ2n) is 6.40. The number of piperazine rings is 1. The summed E-state index contributed by atoms with van der Waals surface area (Å²) in [5.41, 5.74) is 1.03. The molecule has 0 bridgehead atoms. The number of aromatic amines is 1. The number of carbonyl (C=O) groups excluding carboxylic acids is 1. The summed E-state index contributed by atoms with van der Waals surface area (Å²) < 4.78 is 5.44. The largest absolute Gasteiger partial charge is 0.495 e. The first kappa shape index (κ1) is 17.1. The number of hydrogen-bond acceptors (Lipinski definition) is 5. The van der Waals surface area contributed by atoms with Gasteiger partial charge in [-0.3, -0.25) is 9.59 Å². The fourth-order valence-electron chi connectivity index (χ4n) is 3.47. The Hall–Kier alpha value is -3.35. The Labute approximate surface area is 156 Å². The van der Waals surface area contributed by atoms with Gasteiger partial charge in [-0.25, -0.2) is 5.10 Å². The molecule has 1 aliphatic rings. The third kappa shape index (κ3) is 3.12. The van der Waals surface area contributed by atoms with E-state index in [-0.39, 0.29) is 17.2 Å². The van der Waals surface area contributed by atoms with Gasteiger partial charge in [0.1, 0.15) is 5.75 Å². The molecule has 27 heavy (non-hydrogen) atoms. The third-order valence-electron chi connectivity index (χ3n) is 4.89. The summed E-state index contributed by atoms with van der Waals surface area (Å²) in [6, 6.07) is 14.9. The Morgan fingerprint density at radius 1 is 1.00 bits per heavy atom.